The molecule has 0 amide bonds. The number of ketones is 2. The molecule has 8 atom stereocenters. The first-order chi connectivity index (χ1) is 13.8. The Hall–Kier alpha value is -1.53. The van der Waals surface area contributed by atoms with Crippen LogP contribution in [-0.2, 0) is 19.1 Å². The molecular weight excluding hydrogens is 384 g/mol. The first-order valence-electron chi connectivity index (χ1n) is 11.2. The van der Waals surface area contributed by atoms with Gasteiger partial charge in [0.05, 0.1) is 5.60 Å². The van der Waals surface area contributed by atoms with E-state index in [1.54, 1.807) is 6.92 Å². The number of hydrogen-bond donors (Lipinski definition) is 2. The summed E-state index contributed by atoms with van der Waals surface area (Å²) in [5.74, 6) is -0.416. The van der Waals surface area contributed by atoms with Crippen molar-refractivity contribution in [3.8, 4) is 0 Å². The molecule has 4 aliphatic carbocycles. The molecule has 30 heavy (non-hydrogen) atoms. The van der Waals surface area contributed by atoms with Crippen molar-refractivity contribution in [3.63, 3.8) is 0 Å². The minimum absolute atomic E-state index is 0.103. The van der Waals surface area contributed by atoms with E-state index in [4.69, 9.17) is 4.74 Å². The molecule has 0 aliphatic heterocycles. The van der Waals surface area contributed by atoms with Gasteiger partial charge in [0.25, 0.3) is 0 Å². The summed E-state index contributed by atoms with van der Waals surface area (Å²) in [6.07, 6.45) is 4.08. The van der Waals surface area contributed by atoms with E-state index in [9.17, 15) is 24.6 Å². The van der Waals surface area contributed by atoms with Crippen molar-refractivity contribution in [2.24, 2.45) is 28.6 Å². The van der Waals surface area contributed by atoms with Crippen molar-refractivity contribution < 1.29 is 29.3 Å². The van der Waals surface area contributed by atoms with Crippen LogP contribution in [0, 0.1) is 28.6 Å². The number of aliphatic hydroxyl groups excluding tert-OH is 1. The van der Waals surface area contributed by atoms with Gasteiger partial charge in [-0.3, -0.25) is 14.4 Å². The van der Waals surface area contributed by atoms with Gasteiger partial charge in [-0.15, -0.1) is 0 Å². The number of Topliss-reactive ketones (excluding diaryl/α,β-unsaturated/α-hetero) is 1. The maximum absolute atomic E-state index is 12.8. The number of hydrogen-bond acceptors (Lipinski definition) is 6. The average molecular weight is 419 g/mol. The molecule has 2 N–H and O–H groups in total. The van der Waals surface area contributed by atoms with Gasteiger partial charge in [0.1, 0.15) is 6.10 Å². The van der Waals surface area contributed by atoms with Crippen LogP contribution in [0.2, 0.25) is 0 Å². The molecule has 0 aromatic carbocycles. The van der Waals surface area contributed by atoms with E-state index in [1.807, 2.05) is 0 Å². The van der Waals surface area contributed by atoms with Crippen molar-refractivity contribution >= 4 is 17.5 Å². The third-order valence-corrected chi connectivity index (χ3v) is 9.32. The second-order valence-corrected chi connectivity index (χ2v) is 10.9. The number of fused-ring (bicyclic) bond motifs is 5. The zero-order valence-electron chi connectivity index (χ0n) is 18.7. The number of carbonyl (C=O) groups excluding carboxylic acids is 3. The van der Waals surface area contributed by atoms with Gasteiger partial charge in [0, 0.05) is 12.3 Å². The van der Waals surface area contributed by atoms with E-state index in [1.165, 1.54) is 19.9 Å². The number of esters is 1. The zero-order valence-corrected chi connectivity index (χ0v) is 18.7. The SMILES string of the molecule is CC(=O)O[C@]1(C(C)=O)CC[C@H]2[C@@H]3C[C@](C)(O)C4=CC(=O)[C@@H](O)C[C@]4(C)[C@H]3CC[C@@]21C. The summed E-state index contributed by atoms with van der Waals surface area (Å²) in [4.78, 5) is 37.0. The Bertz CT molecular complexity index is 843. The van der Waals surface area contributed by atoms with Crippen LogP contribution in [0.15, 0.2) is 11.6 Å². The lowest BCUT2D eigenvalue weighted by molar-refractivity contribution is -0.191. The minimum atomic E-state index is -1.15. The highest BCUT2D eigenvalue weighted by atomic mass is 16.6. The van der Waals surface area contributed by atoms with Crippen LogP contribution in [0.5, 0.6) is 0 Å². The van der Waals surface area contributed by atoms with E-state index >= 15 is 0 Å². The quantitative estimate of drug-likeness (QED) is 0.669. The Morgan fingerprint density at radius 3 is 2.30 bits per heavy atom. The van der Waals surface area contributed by atoms with E-state index < -0.39 is 34.1 Å². The van der Waals surface area contributed by atoms with Crippen LogP contribution in [0.4, 0.5) is 0 Å². The molecule has 4 rings (SSSR count). The van der Waals surface area contributed by atoms with Gasteiger partial charge in [-0.2, -0.15) is 0 Å². The first kappa shape index (κ1) is 21.7. The molecule has 0 aromatic rings. The Balaban J connectivity index is 1.78. The van der Waals surface area contributed by atoms with Gasteiger partial charge in [0.15, 0.2) is 17.2 Å². The number of carbonyl (C=O) groups is 3. The summed E-state index contributed by atoms with van der Waals surface area (Å²) in [5, 5.41) is 21.8. The number of rotatable bonds is 2. The lowest BCUT2D eigenvalue weighted by atomic mass is 9.43. The van der Waals surface area contributed by atoms with Crippen LogP contribution in [-0.4, -0.2) is 45.1 Å². The van der Waals surface area contributed by atoms with E-state index in [-0.39, 0.29) is 29.3 Å². The van der Waals surface area contributed by atoms with Gasteiger partial charge in [0.2, 0.25) is 0 Å². The van der Waals surface area contributed by atoms with Crippen molar-refractivity contribution in [1.82, 2.24) is 0 Å². The predicted octanol–water partition coefficient (Wildman–Crippen LogP) is 2.74. The monoisotopic (exact) mass is 418 g/mol. The van der Waals surface area contributed by atoms with Gasteiger partial charge in [-0.05, 0) is 87.2 Å². The zero-order chi connectivity index (χ0) is 22.3. The normalized spacial score (nSPS) is 50.1. The molecule has 0 bridgehead atoms. The molecule has 4 aliphatic rings. The standard InChI is InChI=1S/C24H34O6/c1-13(25)24(30-14(2)26)9-7-17-15-11-23(5,29)20-10-18(27)19(28)12-21(20,3)16(15)6-8-22(17,24)4/h10,15-17,19,28-29H,6-9,11-12H2,1-5H3/t15-,16+,17+,19+,21-,22+,23+,24+/m1/s1. The fourth-order valence-electron chi connectivity index (χ4n) is 8.13. The highest BCUT2D eigenvalue weighted by Crippen LogP contribution is 2.69. The average Bonchev–Trinajstić information content (AvgIpc) is 2.90. The summed E-state index contributed by atoms with van der Waals surface area (Å²) in [5.41, 5.74) is -2.47. The molecule has 0 radical (unpaired) electrons. The molecule has 6 nitrogen and oxygen atoms in total. The third kappa shape index (κ3) is 2.65. The van der Waals surface area contributed by atoms with Crippen molar-refractivity contribution in [2.75, 3.05) is 0 Å². The van der Waals surface area contributed by atoms with Crippen LogP contribution < -0.4 is 0 Å². The van der Waals surface area contributed by atoms with Gasteiger partial charge < -0.3 is 14.9 Å². The number of ether oxygens (including phenoxy) is 1. The molecule has 3 fully saturated rings. The predicted molar refractivity (Wildman–Crippen MR) is 109 cm³/mol. The highest BCUT2D eigenvalue weighted by Gasteiger charge is 2.69. The van der Waals surface area contributed by atoms with Crippen LogP contribution >= 0.6 is 0 Å². The second kappa shape index (κ2) is 6.49. The fraction of sp³-hybridized carbons (Fsp3) is 0.792. The molecule has 3 saturated carbocycles. The summed E-state index contributed by atoms with van der Waals surface area (Å²) in [7, 11) is 0. The third-order valence-electron chi connectivity index (χ3n) is 9.32. The molecule has 6 heteroatoms. The summed E-state index contributed by atoms with van der Waals surface area (Å²) in [6.45, 7) is 8.79. The van der Waals surface area contributed by atoms with Crippen molar-refractivity contribution in [2.45, 2.75) is 90.4 Å². The lowest BCUT2D eigenvalue weighted by Gasteiger charge is -2.62. The van der Waals surface area contributed by atoms with E-state index in [0.29, 0.717) is 19.3 Å². The molecular formula is C24H34O6. The Morgan fingerprint density at radius 1 is 1.07 bits per heavy atom. The Kier molecular flexibility index (Phi) is 4.69. The fourth-order valence-corrected chi connectivity index (χ4v) is 8.13. The molecule has 166 valence electrons. The topological polar surface area (TPSA) is 101 Å². The van der Waals surface area contributed by atoms with Crippen molar-refractivity contribution in [3.05, 3.63) is 11.6 Å². The molecule has 0 unspecified atom stereocenters. The van der Waals surface area contributed by atoms with Crippen LogP contribution in [0.25, 0.3) is 0 Å². The van der Waals surface area contributed by atoms with Gasteiger partial charge >= 0.3 is 5.97 Å². The summed E-state index contributed by atoms with van der Waals surface area (Å²) < 4.78 is 5.78. The van der Waals surface area contributed by atoms with Gasteiger partial charge in [-0.25, -0.2) is 0 Å². The minimum Gasteiger partial charge on any atom is -0.451 e. The smallest absolute Gasteiger partial charge is 0.303 e. The molecule has 0 saturated heterocycles. The van der Waals surface area contributed by atoms with E-state index in [0.717, 1.165) is 24.8 Å². The largest absolute Gasteiger partial charge is 0.451 e. The van der Waals surface area contributed by atoms with Crippen molar-refractivity contribution in [1.29, 1.82) is 0 Å². The Labute approximate surface area is 178 Å². The lowest BCUT2D eigenvalue weighted by Crippen LogP contribution is -2.62. The van der Waals surface area contributed by atoms with E-state index in [2.05, 4.69) is 13.8 Å². The second-order valence-electron chi connectivity index (χ2n) is 10.9. The molecule has 0 spiro atoms. The maximum atomic E-state index is 12.8. The number of aliphatic hydroxyl groups is 2. The molecule has 0 heterocycles. The van der Waals surface area contributed by atoms with Gasteiger partial charge in [-0.1, -0.05) is 13.8 Å². The molecule has 0 aromatic heterocycles. The van der Waals surface area contributed by atoms with Crippen LogP contribution in [0.3, 0.4) is 0 Å². The maximum Gasteiger partial charge on any atom is 0.303 e. The van der Waals surface area contributed by atoms with Crippen LogP contribution in [0.1, 0.15) is 73.1 Å². The first-order valence-corrected chi connectivity index (χ1v) is 11.2. The summed E-state index contributed by atoms with van der Waals surface area (Å²) in [6, 6.07) is 0. The summed E-state index contributed by atoms with van der Waals surface area (Å²) >= 11 is 0. The highest BCUT2D eigenvalue weighted by molar-refractivity contribution is 5.95. The Morgan fingerprint density at radius 2 is 1.70 bits per heavy atom.